The van der Waals surface area contributed by atoms with E-state index in [0.29, 0.717) is 25.3 Å². The lowest BCUT2D eigenvalue weighted by Crippen LogP contribution is -2.35. The zero-order chi connectivity index (χ0) is 15.5. The van der Waals surface area contributed by atoms with E-state index in [-0.39, 0.29) is 24.6 Å². The number of aliphatic hydroxyl groups is 1. The zero-order valence-corrected chi connectivity index (χ0v) is 11.9. The minimum absolute atomic E-state index is 0.215. The van der Waals surface area contributed by atoms with Crippen molar-refractivity contribution in [1.29, 1.82) is 5.26 Å². The van der Waals surface area contributed by atoms with Gasteiger partial charge in [-0.25, -0.2) is 4.98 Å². The summed E-state index contributed by atoms with van der Waals surface area (Å²) >= 11 is 0. The molecule has 6 heteroatoms. The first kappa shape index (κ1) is 16.6. The third-order valence-corrected chi connectivity index (χ3v) is 2.66. The molecule has 0 radical (unpaired) electrons. The summed E-state index contributed by atoms with van der Waals surface area (Å²) in [6, 6.07) is 5.36. The first-order valence-corrected chi connectivity index (χ1v) is 6.44. The molecule has 0 aliphatic carbocycles. The Bertz CT molecular complexity index is 570. The van der Waals surface area contributed by atoms with Crippen LogP contribution in [0.3, 0.4) is 0 Å². The van der Waals surface area contributed by atoms with Crippen LogP contribution in [0.25, 0.3) is 0 Å². The Morgan fingerprint density at radius 1 is 1.52 bits per heavy atom. The molecule has 0 aliphatic rings. The van der Waals surface area contributed by atoms with E-state index < -0.39 is 0 Å². The van der Waals surface area contributed by atoms with E-state index in [4.69, 9.17) is 15.1 Å². The van der Waals surface area contributed by atoms with Gasteiger partial charge in [0.15, 0.2) is 0 Å². The van der Waals surface area contributed by atoms with Gasteiger partial charge in [0.25, 0.3) is 5.91 Å². The van der Waals surface area contributed by atoms with Crippen LogP contribution in [0.1, 0.15) is 22.5 Å². The van der Waals surface area contributed by atoms with Crippen LogP contribution in [0, 0.1) is 23.2 Å². The molecule has 0 aliphatic heterocycles. The molecule has 0 bridgehead atoms. The molecule has 1 N–H and O–H groups in total. The molecule has 6 nitrogen and oxygen atoms in total. The van der Waals surface area contributed by atoms with Crippen LogP contribution in [0.4, 0.5) is 0 Å². The number of nitriles is 1. The number of hydrogen-bond donors (Lipinski definition) is 1. The van der Waals surface area contributed by atoms with Crippen LogP contribution in [0.2, 0.25) is 0 Å². The quantitative estimate of drug-likeness (QED) is 0.767. The summed E-state index contributed by atoms with van der Waals surface area (Å²) in [5.41, 5.74) is 0.670. The van der Waals surface area contributed by atoms with Crippen molar-refractivity contribution in [1.82, 2.24) is 9.88 Å². The number of carbonyl (C=O) groups is 1. The third kappa shape index (κ3) is 5.23. The molecule has 1 aromatic rings. The summed E-state index contributed by atoms with van der Waals surface area (Å²) in [5.74, 6) is 4.91. The Morgan fingerprint density at radius 3 is 3.00 bits per heavy atom. The maximum atomic E-state index is 12.5. The van der Waals surface area contributed by atoms with Gasteiger partial charge >= 0.3 is 0 Å². The average Bonchev–Trinajstić information content (AvgIpc) is 2.52. The van der Waals surface area contributed by atoms with E-state index in [1.54, 1.807) is 19.2 Å². The van der Waals surface area contributed by atoms with Crippen LogP contribution in [-0.2, 0) is 4.74 Å². The Morgan fingerprint density at radius 2 is 2.33 bits per heavy atom. The molecule has 0 fully saturated rings. The molecule has 1 aromatic heterocycles. The number of methoxy groups -OCH3 is 1. The second kappa shape index (κ2) is 9.49. The summed E-state index contributed by atoms with van der Waals surface area (Å²) in [5, 5.41) is 17.4. The molecule has 1 amide bonds. The molecule has 0 atom stereocenters. The smallest absolute Gasteiger partial charge is 0.273 e. The lowest BCUT2D eigenvalue weighted by molar-refractivity contribution is 0.0694. The number of rotatable bonds is 6. The highest BCUT2D eigenvalue weighted by atomic mass is 16.5. The van der Waals surface area contributed by atoms with Gasteiger partial charge in [0.2, 0.25) is 0 Å². The average molecular weight is 287 g/mol. The lowest BCUT2D eigenvalue weighted by atomic mass is 10.1. The largest absolute Gasteiger partial charge is 0.384 e. The summed E-state index contributed by atoms with van der Waals surface area (Å²) < 4.78 is 4.98. The first-order chi connectivity index (χ1) is 10.2. The fourth-order valence-corrected chi connectivity index (χ4v) is 1.66. The van der Waals surface area contributed by atoms with E-state index in [1.165, 1.54) is 11.1 Å². The normalized spacial score (nSPS) is 9.38. The van der Waals surface area contributed by atoms with Crippen LogP contribution < -0.4 is 0 Å². The van der Waals surface area contributed by atoms with Gasteiger partial charge in [0.05, 0.1) is 24.7 Å². The first-order valence-electron chi connectivity index (χ1n) is 6.44. The summed E-state index contributed by atoms with van der Waals surface area (Å²) in [4.78, 5) is 18.1. The molecule has 0 aromatic carbocycles. The zero-order valence-electron chi connectivity index (χ0n) is 11.9. The van der Waals surface area contributed by atoms with Crippen LogP contribution in [0.5, 0.6) is 0 Å². The molecule has 0 spiro atoms. The van der Waals surface area contributed by atoms with Crippen molar-refractivity contribution in [2.75, 3.05) is 33.4 Å². The fourth-order valence-electron chi connectivity index (χ4n) is 1.66. The Kier molecular flexibility index (Phi) is 7.52. The van der Waals surface area contributed by atoms with Crippen molar-refractivity contribution in [2.24, 2.45) is 0 Å². The number of nitrogens with zero attached hydrogens (tertiary/aromatic N) is 3. The van der Waals surface area contributed by atoms with E-state index in [2.05, 4.69) is 16.8 Å². The van der Waals surface area contributed by atoms with Crippen molar-refractivity contribution in [3.63, 3.8) is 0 Å². The second-order valence-corrected chi connectivity index (χ2v) is 4.05. The fraction of sp³-hybridized carbons (Fsp3) is 0.400. The molecule has 1 rings (SSSR count). The highest BCUT2D eigenvalue weighted by Crippen LogP contribution is 2.08. The van der Waals surface area contributed by atoms with Crippen LogP contribution >= 0.6 is 0 Å². The number of carbonyl (C=O) groups excluding carboxylic acids is 1. The van der Waals surface area contributed by atoms with E-state index in [9.17, 15) is 4.79 Å². The SMILES string of the molecule is COCCN(CCC#N)C(=O)c1ncccc1C#CCO. The highest BCUT2D eigenvalue weighted by Gasteiger charge is 2.19. The molecule has 0 saturated heterocycles. The monoisotopic (exact) mass is 287 g/mol. The lowest BCUT2D eigenvalue weighted by Gasteiger charge is -2.21. The number of aliphatic hydroxyl groups excluding tert-OH is 1. The number of pyridine rings is 1. The van der Waals surface area contributed by atoms with Gasteiger partial charge in [-0.1, -0.05) is 11.8 Å². The molecular weight excluding hydrogens is 270 g/mol. The van der Waals surface area contributed by atoms with Crippen molar-refractivity contribution in [3.8, 4) is 17.9 Å². The van der Waals surface area contributed by atoms with Crippen molar-refractivity contribution in [2.45, 2.75) is 6.42 Å². The summed E-state index contributed by atoms with van der Waals surface area (Å²) in [6.07, 6.45) is 1.75. The molecule has 0 unspecified atom stereocenters. The topological polar surface area (TPSA) is 86.5 Å². The van der Waals surface area contributed by atoms with E-state index in [1.807, 2.05) is 6.07 Å². The standard InChI is InChI=1S/C15H17N3O3/c1-21-12-10-18(9-4-7-16)15(20)14-13(6-3-11-19)5-2-8-17-14/h2,5,8,19H,4,9-12H2,1H3. The number of ether oxygens (including phenoxy) is 1. The Labute approximate surface area is 124 Å². The summed E-state index contributed by atoms with van der Waals surface area (Å²) in [6.45, 7) is 0.772. The Hall–Kier alpha value is -2.41. The van der Waals surface area contributed by atoms with Gasteiger partial charge in [0.1, 0.15) is 12.3 Å². The maximum absolute atomic E-state index is 12.5. The number of amides is 1. The van der Waals surface area contributed by atoms with Gasteiger partial charge in [-0.15, -0.1) is 0 Å². The molecule has 0 saturated carbocycles. The molecule has 110 valence electrons. The third-order valence-electron chi connectivity index (χ3n) is 2.66. The van der Waals surface area contributed by atoms with Crippen molar-refractivity contribution in [3.05, 3.63) is 29.6 Å². The van der Waals surface area contributed by atoms with Crippen LogP contribution in [-0.4, -0.2) is 54.3 Å². The van der Waals surface area contributed by atoms with E-state index >= 15 is 0 Å². The molecule has 21 heavy (non-hydrogen) atoms. The molecular formula is C15H17N3O3. The predicted molar refractivity (Wildman–Crippen MR) is 76.2 cm³/mol. The maximum Gasteiger partial charge on any atom is 0.273 e. The van der Waals surface area contributed by atoms with Gasteiger partial charge in [-0.3, -0.25) is 4.79 Å². The minimum atomic E-state index is -0.301. The summed E-state index contributed by atoms with van der Waals surface area (Å²) in [7, 11) is 1.55. The van der Waals surface area contributed by atoms with Crippen LogP contribution in [0.15, 0.2) is 18.3 Å². The van der Waals surface area contributed by atoms with Crippen molar-refractivity contribution < 1.29 is 14.6 Å². The van der Waals surface area contributed by atoms with E-state index in [0.717, 1.165) is 0 Å². The second-order valence-electron chi connectivity index (χ2n) is 4.05. The number of hydrogen-bond acceptors (Lipinski definition) is 5. The van der Waals surface area contributed by atoms with Crippen molar-refractivity contribution >= 4 is 5.91 Å². The minimum Gasteiger partial charge on any atom is -0.384 e. The van der Waals surface area contributed by atoms with Gasteiger partial charge in [-0.05, 0) is 12.1 Å². The highest BCUT2D eigenvalue weighted by molar-refractivity contribution is 5.94. The molecule has 1 heterocycles. The van der Waals surface area contributed by atoms with Gasteiger partial charge in [0, 0.05) is 26.4 Å². The van der Waals surface area contributed by atoms with Gasteiger partial charge in [-0.2, -0.15) is 5.26 Å². The van der Waals surface area contributed by atoms with Gasteiger partial charge < -0.3 is 14.7 Å². The Balaban J connectivity index is 2.99. The number of aromatic nitrogens is 1. The predicted octanol–water partition coefficient (Wildman–Crippen LogP) is 0.428.